The van der Waals surface area contributed by atoms with Crippen LogP contribution in [0.2, 0.25) is 0 Å². The molecule has 0 aliphatic carbocycles. The number of ether oxygens (including phenoxy) is 1. The third kappa shape index (κ3) is 43.4. The van der Waals surface area contributed by atoms with Gasteiger partial charge in [-0.15, -0.1) is 0 Å². The van der Waals surface area contributed by atoms with Crippen molar-refractivity contribution < 1.29 is 24.5 Å². The molecule has 0 spiro atoms. The third-order valence-electron chi connectivity index (χ3n) is 11.1. The minimum atomic E-state index is -0.864. The average Bonchev–Trinajstić information content (AvgIpc) is 3.22. The maximum Gasteiger partial charge on any atom is 0.305 e. The van der Waals surface area contributed by atoms with Crippen LogP contribution in [0, 0.1) is 0 Å². The van der Waals surface area contributed by atoms with E-state index in [1.54, 1.807) is 6.08 Å². The van der Waals surface area contributed by atoms with Gasteiger partial charge in [0.25, 0.3) is 0 Å². The van der Waals surface area contributed by atoms with E-state index in [1.165, 1.54) is 122 Å². The molecule has 0 saturated carbocycles. The summed E-state index contributed by atoms with van der Waals surface area (Å²) in [7, 11) is 0. The molecule has 0 aliphatic rings. The van der Waals surface area contributed by atoms with E-state index in [4.69, 9.17) is 4.74 Å². The summed E-state index contributed by atoms with van der Waals surface area (Å²) in [5.74, 6) is -0.147. The summed E-state index contributed by atoms with van der Waals surface area (Å²) in [4.78, 5) is 24.4. The van der Waals surface area contributed by atoms with E-state index in [1.807, 2.05) is 6.08 Å². The number of rotatable bonds is 45. The Kier molecular flexibility index (Phi) is 45.7. The highest BCUT2D eigenvalue weighted by Crippen LogP contribution is 2.14. The minimum Gasteiger partial charge on any atom is -0.466 e. The first-order valence-corrected chi connectivity index (χ1v) is 24.9. The van der Waals surface area contributed by atoms with Crippen LogP contribution in [0.3, 0.4) is 0 Å². The van der Waals surface area contributed by atoms with E-state index >= 15 is 0 Å². The van der Waals surface area contributed by atoms with Gasteiger partial charge in [0.15, 0.2) is 0 Å². The van der Waals surface area contributed by atoms with E-state index < -0.39 is 12.1 Å². The lowest BCUT2D eigenvalue weighted by Gasteiger charge is -2.20. The van der Waals surface area contributed by atoms with Gasteiger partial charge in [0, 0.05) is 12.8 Å². The molecule has 3 N–H and O–H groups in total. The molecule has 1 amide bonds. The van der Waals surface area contributed by atoms with Crippen LogP contribution < -0.4 is 5.32 Å². The van der Waals surface area contributed by atoms with Gasteiger partial charge in [-0.1, -0.05) is 191 Å². The van der Waals surface area contributed by atoms with Crippen molar-refractivity contribution in [1.82, 2.24) is 5.32 Å². The van der Waals surface area contributed by atoms with Crippen molar-refractivity contribution in [3.63, 3.8) is 0 Å². The molecule has 2 unspecified atom stereocenters. The van der Waals surface area contributed by atoms with Crippen molar-refractivity contribution >= 4 is 11.9 Å². The number of carbonyl (C=O) groups excluding carboxylic acids is 2. The van der Waals surface area contributed by atoms with Gasteiger partial charge in [-0.2, -0.15) is 0 Å². The number of carbonyl (C=O) groups is 2. The SMILES string of the molecule is CCCCC/C=C\C/C=C\CCCCCCCC(=O)OCCCC/C=C\CCCCCCCC(=O)NC(CO)C(O)/C=C/CCCCCCCCCCCCCCC. The van der Waals surface area contributed by atoms with Crippen LogP contribution in [0.25, 0.3) is 0 Å². The number of hydrogen-bond acceptors (Lipinski definition) is 5. The van der Waals surface area contributed by atoms with Crippen LogP contribution in [-0.4, -0.2) is 47.4 Å². The Morgan fingerprint density at radius 3 is 1.36 bits per heavy atom. The Labute approximate surface area is 359 Å². The number of unbranched alkanes of at least 4 members (excludes halogenated alkanes) is 28. The van der Waals surface area contributed by atoms with Crippen molar-refractivity contribution in [2.24, 2.45) is 0 Å². The highest BCUT2D eigenvalue weighted by atomic mass is 16.5. The molecule has 6 nitrogen and oxygen atoms in total. The lowest BCUT2D eigenvalue weighted by Crippen LogP contribution is -2.45. The predicted octanol–water partition coefficient (Wildman–Crippen LogP) is 14.7. The largest absolute Gasteiger partial charge is 0.466 e. The van der Waals surface area contributed by atoms with Crippen molar-refractivity contribution in [2.75, 3.05) is 13.2 Å². The van der Waals surface area contributed by atoms with Crippen molar-refractivity contribution in [2.45, 2.75) is 257 Å². The quantitative estimate of drug-likeness (QED) is 0.0323. The average molecular weight is 814 g/mol. The highest BCUT2D eigenvalue weighted by Gasteiger charge is 2.18. The summed E-state index contributed by atoms with van der Waals surface area (Å²) in [6.45, 7) is 4.78. The standard InChI is InChI=1S/C52H95NO5/c1-3-5-7-9-11-13-15-17-19-21-24-28-32-36-40-44-50(55)49(48-54)53-51(56)45-41-37-33-29-25-23-27-31-35-39-43-47-58-52(57)46-42-38-34-30-26-22-20-18-16-14-12-10-8-6-4-2/h12,14,18,20,27,31,40,44,49-50,54-55H,3-11,13,15-17,19,21-26,28-30,32-39,41-43,45-48H2,1-2H3,(H,53,56)/b14-12-,20-18-,31-27-,44-40+. The molecule has 338 valence electrons. The van der Waals surface area contributed by atoms with Crippen LogP contribution in [0.5, 0.6) is 0 Å². The van der Waals surface area contributed by atoms with Gasteiger partial charge in [0.1, 0.15) is 0 Å². The van der Waals surface area contributed by atoms with Crippen LogP contribution in [0.15, 0.2) is 48.6 Å². The number of nitrogens with one attached hydrogen (secondary N) is 1. The van der Waals surface area contributed by atoms with E-state index in [9.17, 15) is 19.8 Å². The van der Waals surface area contributed by atoms with Crippen molar-refractivity contribution in [1.29, 1.82) is 0 Å². The topological polar surface area (TPSA) is 95.9 Å². The van der Waals surface area contributed by atoms with Crippen LogP contribution in [0.1, 0.15) is 245 Å². The smallest absolute Gasteiger partial charge is 0.305 e. The molecule has 6 heteroatoms. The highest BCUT2D eigenvalue weighted by molar-refractivity contribution is 5.76. The fraction of sp³-hybridized carbons (Fsp3) is 0.808. The zero-order valence-corrected chi connectivity index (χ0v) is 38.3. The van der Waals surface area contributed by atoms with Gasteiger partial charge in [-0.05, 0) is 89.9 Å². The van der Waals surface area contributed by atoms with Gasteiger partial charge in [0.2, 0.25) is 5.91 Å². The predicted molar refractivity (Wildman–Crippen MR) is 250 cm³/mol. The number of aliphatic hydroxyl groups excluding tert-OH is 2. The van der Waals surface area contributed by atoms with Crippen molar-refractivity contribution in [3.8, 4) is 0 Å². The maximum absolute atomic E-state index is 12.4. The Morgan fingerprint density at radius 2 is 0.862 bits per heavy atom. The Morgan fingerprint density at radius 1 is 0.483 bits per heavy atom. The normalized spacial score (nSPS) is 13.1. The molecular weight excluding hydrogens is 719 g/mol. The van der Waals surface area contributed by atoms with Crippen LogP contribution in [-0.2, 0) is 14.3 Å². The van der Waals surface area contributed by atoms with E-state index in [2.05, 4.69) is 55.6 Å². The lowest BCUT2D eigenvalue weighted by atomic mass is 10.0. The summed E-state index contributed by atoms with van der Waals surface area (Å²) in [5, 5.41) is 23.0. The first-order valence-electron chi connectivity index (χ1n) is 24.9. The van der Waals surface area contributed by atoms with E-state index in [0.717, 1.165) is 96.3 Å². The molecule has 0 fully saturated rings. The fourth-order valence-electron chi connectivity index (χ4n) is 7.18. The monoisotopic (exact) mass is 814 g/mol. The second-order valence-electron chi connectivity index (χ2n) is 16.8. The Bertz CT molecular complexity index is 988. The number of amides is 1. The summed E-state index contributed by atoms with van der Waals surface area (Å²) in [6.07, 6.45) is 58.2. The summed E-state index contributed by atoms with van der Waals surface area (Å²) in [6, 6.07) is -0.650. The Hall–Kier alpha value is -2.18. The second-order valence-corrected chi connectivity index (χ2v) is 16.8. The van der Waals surface area contributed by atoms with Crippen LogP contribution in [0.4, 0.5) is 0 Å². The zero-order valence-electron chi connectivity index (χ0n) is 38.3. The van der Waals surface area contributed by atoms with Gasteiger partial charge >= 0.3 is 5.97 Å². The molecule has 0 aromatic rings. The zero-order chi connectivity index (χ0) is 42.3. The molecular formula is C52H95NO5. The Balaban J connectivity index is 3.58. The molecule has 0 rings (SSSR count). The molecule has 0 bridgehead atoms. The van der Waals surface area contributed by atoms with Gasteiger partial charge < -0.3 is 20.3 Å². The fourth-order valence-corrected chi connectivity index (χ4v) is 7.18. The number of allylic oxidation sites excluding steroid dienone is 7. The summed E-state index contributed by atoms with van der Waals surface area (Å²) in [5.41, 5.74) is 0. The maximum atomic E-state index is 12.4. The number of aliphatic hydroxyl groups is 2. The van der Waals surface area contributed by atoms with E-state index in [-0.39, 0.29) is 18.5 Å². The first kappa shape index (κ1) is 55.8. The molecule has 2 atom stereocenters. The van der Waals surface area contributed by atoms with Gasteiger partial charge in [0.05, 0.1) is 25.4 Å². The van der Waals surface area contributed by atoms with Gasteiger partial charge in [-0.3, -0.25) is 9.59 Å². The summed E-state index contributed by atoms with van der Waals surface area (Å²) < 4.78 is 5.42. The molecule has 0 aromatic heterocycles. The number of esters is 1. The minimum absolute atomic E-state index is 0.0480. The first-order chi connectivity index (χ1) is 28.5. The molecule has 0 radical (unpaired) electrons. The van der Waals surface area contributed by atoms with E-state index in [0.29, 0.717) is 19.4 Å². The molecule has 0 aliphatic heterocycles. The molecule has 0 heterocycles. The number of hydrogen-bond donors (Lipinski definition) is 3. The lowest BCUT2D eigenvalue weighted by molar-refractivity contribution is -0.143. The molecule has 0 saturated heterocycles. The third-order valence-corrected chi connectivity index (χ3v) is 11.1. The van der Waals surface area contributed by atoms with Crippen LogP contribution >= 0.6 is 0 Å². The van der Waals surface area contributed by atoms with Crippen molar-refractivity contribution in [3.05, 3.63) is 48.6 Å². The summed E-state index contributed by atoms with van der Waals surface area (Å²) >= 11 is 0. The second kappa shape index (κ2) is 47.5. The molecule has 58 heavy (non-hydrogen) atoms. The molecule has 0 aromatic carbocycles. The van der Waals surface area contributed by atoms with Gasteiger partial charge in [-0.25, -0.2) is 0 Å².